The fourth-order valence-corrected chi connectivity index (χ4v) is 3.43. The number of hydrogen-bond donors (Lipinski definition) is 2. The van der Waals surface area contributed by atoms with Crippen molar-refractivity contribution in [1.29, 1.82) is 0 Å². The molecule has 1 fully saturated rings. The van der Waals surface area contributed by atoms with Crippen LogP contribution in [0.1, 0.15) is 12.0 Å². The molecule has 9 nitrogen and oxygen atoms in total. The second-order valence-corrected chi connectivity index (χ2v) is 6.73. The van der Waals surface area contributed by atoms with Gasteiger partial charge in [0.2, 0.25) is 11.9 Å². The fraction of sp³-hybridized carbons (Fsp3) is 0.529. The minimum atomic E-state index is 0.137. The monoisotopic (exact) mass is 391 g/mol. The predicted octanol–water partition coefficient (Wildman–Crippen LogP) is 1.38. The Bertz CT molecular complexity index is 814. The highest BCUT2D eigenvalue weighted by Crippen LogP contribution is 2.33. The number of anilines is 3. The number of fused-ring (bicyclic) bond motifs is 1. The third kappa shape index (κ3) is 4.05. The van der Waals surface area contributed by atoms with Gasteiger partial charge >= 0.3 is 0 Å². The number of nitrogens with one attached hydrogen (secondary N) is 1. The van der Waals surface area contributed by atoms with Crippen LogP contribution in [-0.2, 0) is 15.9 Å². The molecule has 0 saturated carbocycles. The average molecular weight is 392 g/mol. The first-order valence-electron chi connectivity index (χ1n) is 9.06. The normalized spacial score (nSPS) is 18.0. The van der Waals surface area contributed by atoms with E-state index in [-0.39, 0.29) is 11.1 Å². The molecule has 0 aromatic carbocycles. The molecule has 1 saturated heterocycles. The van der Waals surface area contributed by atoms with Crippen molar-refractivity contribution in [3.8, 4) is 11.3 Å². The van der Waals surface area contributed by atoms with Crippen LogP contribution in [0, 0.1) is 0 Å². The molecule has 4 rings (SSSR count). The Hall–Kier alpha value is -2.23. The topological polar surface area (TPSA) is 111 Å². The number of morpholine rings is 1. The van der Waals surface area contributed by atoms with Gasteiger partial charge < -0.3 is 25.4 Å². The summed E-state index contributed by atoms with van der Waals surface area (Å²) in [5.41, 5.74) is 8.05. The van der Waals surface area contributed by atoms with Gasteiger partial charge in [-0.15, -0.1) is 0 Å². The second kappa shape index (κ2) is 8.20. The summed E-state index contributed by atoms with van der Waals surface area (Å²) >= 11 is 6.38. The number of hydrogen-bond acceptors (Lipinski definition) is 9. The van der Waals surface area contributed by atoms with Crippen LogP contribution in [0.15, 0.2) is 6.20 Å². The molecule has 27 heavy (non-hydrogen) atoms. The van der Waals surface area contributed by atoms with Gasteiger partial charge in [-0.25, -0.2) is 15.0 Å². The van der Waals surface area contributed by atoms with Gasteiger partial charge in [-0.05, 0) is 12.8 Å². The summed E-state index contributed by atoms with van der Waals surface area (Å²) in [5.74, 6) is 1.59. The van der Waals surface area contributed by atoms with Crippen LogP contribution in [0.2, 0.25) is 5.15 Å². The summed E-state index contributed by atoms with van der Waals surface area (Å²) < 4.78 is 11.1. The van der Waals surface area contributed by atoms with E-state index < -0.39 is 0 Å². The molecule has 0 amide bonds. The molecule has 0 spiro atoms. The summed E-state index contributed by atoms with van der Waals surface area (Å²) in [6.45, 7) is 4.80. The zero-order chi connectivity index (χ0) is 18.6. The Morgan fingerprint density at radius 2 is 1.89 bits per heavy atom. The molecule has 0 aliphatic carbocycles. The average Bonchev–Trinajstić information content (AvgIpc) is 2.80. The van der Waals surface area contributed by atoms with E-state index in [2.05, 4.69) is 20.2 Å². The lowest BCUT2D eigenvalue weighted by molar-refractivity contribution is 0.122. The van der Waals surface area contributed by atoms with E-state index in [0.717, 1.165) is 43.0 Å². The Morgan fingerprint density at radius 1 is 1.07 bits per heavy atom. The van der Waals surface area contributed by atoms with E-state index in [0.29, 0.717) is 44.5 Å². The van der Waals surface area contributed by atoms with Crippen LogP contribution in [0.5, 0.6) is 0 Å². The largest absolute Gasteiger partial charge is 0.380 e. The number of nitrogens with zero attached hydrogens (tertiary/aromatic N) is 5. The third-order valence-electron chi connectivity index (χ3n) is 4.56. The third-order valence-corrected chi connectivity index (χ3v) is 4.85. The van der Waals surface area contributed by atoms with E-state index in [1.165, 1.54) is 0 Å². The summed E-state index contributed by atoms with van der Waals surface area (Å²) in [7, 11) is 0. The van der Waals surface area contributed by atoms with E-state index in [4.69, 9.17) is 36.8 Å². The highest BCUT2D eigenvalue weighted by atomic mass is 35.5. The van der Waals surface area contributed by atoms with Crippen LogP contribution >= 0.6 is 11.6 Å². The molecule has 0 radical (unpaired) electrons. The maximum atomic E-state index is 6.38. The smallest absolute Gasteiger partial charge is 0.228 e. The van der Waals surface area contributed by atoms with Crippen molar-refractivity contribution < 1.29 is 9.47 Å². The van der Waals surface area contributed by atoms with Crippen molar-refractivity contribution in [1.82, 2.24) is 19.9 Å². The second-order valence-electron chi connectivity index (χ2n) is 6.37. The highest BCUT2D eigenvalue weighted by molar-refractivity contribution is 6.32. The lowest BCUT2D eigenvalue weighted by Gasteiger charge is -2.28. The predicted molar refractivity (Wildman–Crippen MR) is 103 cm³/mol. The number of nitrogen functional groups attached to an aromatic ring is 1. The SMILES string of the molecule is Nc1ncc(-c2nc(N3CCOCC3)nc3c2CCCOCCN3)c(Cl)n1. The Morgan fingerprint density at radius 3 is 2.70 bits per heavy atom. The number of rotatable bonds is 2. The zero-order valence-electron chi connectivity index (χ0n) is 14.9. The van der Waals surface area contributed by atoms with Crippen LogP contribution in [0.4, 0.5) is 17.7 Å². The van der Waals surface area contributed by atoms with Gasteiger partial charge in [0.25, 0.3) is 0 Å². The van der Waals surface area contributed by atoms with Crippen LogP contribution in [-0.4, -0.2) is 66.0 Å². The number of nitrogens with two attached hydrogens (primary N) is 1. The van der Waals surface area contributed by atoms with Gasteiger partial charge in [0.1, 0.15) is 11.0 Å². The van der Waals surface area contributed by atoms with Gasteiger partial charge in [0.15, 0.2) is 0 Å². The molecule has 2 aromatic heterocycles. The minimum Gasteiger partial charge on any atom is -0.380 e. The van der Waals surface area contributed by atoms with Crippen molar-refractivity contribution in [3.05, 3.63) is 16.9 Å². The van der Waals surface area contributed by atoms with Crippen molar-refractivity contribution >= 4 is 29.3 Å². The van der Waals surface area contributed by atoms with E-state index in [1.807, 2.05) is 0 Å². The van der Waals surface area contributed by atoms with Gasteiger partial charge in [-0.3, -0.25) is 0 Å². The Kier molecular flexibility index (Phi) is 5.51. The van der Waals surface area contributed by atoms with Crippen molar-refractivity contribution in [3.63, 3.8) is 0 Å². The van der Waals surface area contributed by atoms with Gasteiger partial charge in [-0.1, -0.05) is 11.6 Å². The first kappa shape index (κ1) is 18.1. The Balaban J connectivity index is 1.83. The minimum absolute atomic E-state index is 0.137. The lowest BCUT2D eigenvalue weighted by Crippen LogP contribution is -2.37. The molecule has 3 N–H and O–H groups in total. The van der Waals surface area contributed by atoms with Crippen LogP contribution < -0.4 is 16.0 Å². The van der Waals surface area contributed by atoms with Crippen molar-refractivity contribution in [2.24, 2.45) is 0 Å². The van der Waals surface area contributed by atoms with Crippen LogP contribution in [0.3, 0.4) is 0 Å². The first-order chi connectivity index (χ1) is 13.2. The van der Waals surface area contributed by atoms with E-state index >= 15 is 0 Å². The molecule has 0 atom stereocenters. The van der Waals surface area contributed by atoms with Gasteiger partial charge in [-0.2, -0.15) is 4.98 Å². The number of aromatic nitrogens is 4. The van der Waals surface area contributed by atoms with Crippen molar-refractivity contribution in [2.45, 2.75) is 12.8 Å². The standard InChI is InChI=1S/C17H22ClN7O2/c18-14-12(10-21-16(19)23-14)13-11-2-1-6-26-7-3-20-15(11)24-17(22-13)25-4-8-27-9-5-25/h10H,1-9H2,(H2,19,21,23)(H,20,22,24). The summed E-state index contributed by atoms with van der Waals surface area (Å²) in [6.07, 6.45) is 3.26. The number of ether oxygens (including phenoxy) is 2. The molecule has 0 bridgehead atoms. The van der Waals surface area contributed by atoms with Gasteiger partial charge in [0.05, 0.1) is 31.1 Å². The van der Waals surface area contributed by atoms with E-state index in [9.17, 15) is 0 Å². The quantitative estimate of drug-likeness (QED) is 0.733. The number of halogens is 1. The van der Waals surface area contributed by atoms with Crippen LogP contribution in [0.25, 0.3) is 11.3 Å². The molecule has 2 aromatic rings. The fourth-order valence-electron chi connectivity index (χ4n) is 3.21. The molecular formula is C17H22ClN7O2. The van der Waals surface area contributed by atoms with Crippen molar-refractivity contribution in [2.75, 3.05) is 62.0 Å². The summed E-state index contributed by atoms with van der Waals surface area (Å²) in [4.78, 5) is 20.0. The molecule has 0 unspecified atom stereocenters. The molecule has 144 valence electrons. The molecule has 10 heteroatoms. The first-order valence-corrected chi connectivity index (χ1v) is 9.44. The highest BCUT2D eigenvalue weighted by Gasteiger charge is 2.23. The Labute approximate surface area is 162 Å². The maximum absolute atomic E-state index is 6.38. The summed E-state index contributed by atoms with van der Waals surface area (Å²) in [6, 6.07) is 0. The molecule has 2 aliphatic heterocycles. The zero-order valence-corrected chi connectivity index (χ0v) is 15.7. The maximum Gasteiger partial charge on any atom is 0.228 e. The molecular weight excluding hydrogens is 370 g/mol. The lowest BCUT2D eigenvalue weighted by atomic mass is 10.0. The van der Waals surface area contributed by atoms with Gasteiger partial charge in [0, 0.05) is 38.0 Å². The van der Waals surface area contributed by atoms with E-state index in [1.54, 1.807) is 6.20 Å². The molecule has 4 heterocycles. The summed E-state index contributed by atoms with van der Waals surface area (Å²) in [5, 5.41) is 3.67. The molecule has 2 aliphatic rings.